The molecule has 10 nitrogen and oxygen atoms in total. The average molecular weight is 703 g/mol. The lowest BCUT2D eigenvalue weighted by Gasteiger charge is -2.25. The Balaban J connectivity index is 1.62. The summed E-state index contributed by atoms with van der Waals surface area (Å²) >= 11 is 8.04. The number of hydrogen-bond donors (Lipinski definition) is 0. The molecule has 1 atom stereocenters. The Morgan fingerprint density at radius 2 is 1.98 bits per heavy atom. The Hall–Kier alpha value is -3.81. The van der Waals surface area contributed by atoms with Crippen LogP contribution in [0.15, 0.2) is 83.0 Å². The van der Waals surface area contributed by atoms with Crippen LogP contribution in [0.25, 0.3) is 17.4 Å². The predicted octanol–water partition coefficient (Wildman–Crippen LogP) is 5.50. The van der Waals surface area contributed by atoms with E-state index in [4.69, 9.17) is 13.9 Å². The van der Waals surface area contributed by atoms with E-state index in [1.54, 1.807) is 63.4 Å². The molecule has 5 rings (SSSR count). The van der Waals surface area contributed by atoms with Crippen molar-refractivity contribution in [2.75, 3.05) is 13.7 Å². The summed E-state index contributed by atoms with van der Waals surface area (Å²) in [6, 6.07) is 12.4. The fourth-order valence-corrected chi connectivity index (χ4v) is 6.63. The third-order valence-electron chi connectivity index (χ3n) is 6.34. The van der Waals surface area contributed by atoms with Crippen molar-refractivity contribution in [3.8, 4) is 17.1 Å². The first-order valence-corrected chi connectivity index (χ1v) is 14.6. The molecule has 2 aromatic carbocycles. The highest BCUT2D eigenvalue weighted by Crippen LogP contribution is 2.35. The van der Waals surface area contributed by atoms with Gasteiger partial charge in [0.1, 0.15) is 17.3 Å². The Morgan fingerprint density at radius 3 is 2.63 bits per heavy atom. The molecule has 210 valence electrons. The smallest absolute Gasteiger partial charge is 0.338 e. The minimum absolute atomic E-state index is 0.0514. The fraction of sp³-hybridized carbons (Fsp3) is 0.179. The number of non-ortho nitro benzene ring substituents is 1. The number of nitrogens with zero attached hydrogens (tertiary/aromatic N) is 3. The highest BCUT2D eigenvalue weighted by atomic mass is 79.9. The van der Waals surface area contributed by atoms with Crippen LogP contribution in [0.2, 0.25) is 0 Å². The van der Waals surface area contributed by atoms with Crippen molar-refractivity contribution in [2.45, 2.75) is 19.9 Å². The topological polar surface area (TPSA) is 126 Å². The Bertz CT molecular complexity index is 1920. The van der Waals surface area contributed by atoms with Gasteiger partial charge in [0.2, 0.25) is 0 Å². The van der Waals surface area contributed by atoms with Crippen molar-refractivity contribution in [2.24, 2.45) is 4.99 Å². The zero-order chi connectivity index (χ0) is 29.4. The molecular formula is C28H21Br2N3O7S. The standard InChI is InChI=1S/C28H21Br2N3O7S/c1-4-39-27(35)24-14(2)31-28-32(25(24)15-5-9-22(38-3)20(30)11-15)26(34)23(41-28)13-17-7-10-21(40-17)18-8-6-16(33(36)37)12-19(18)29/h5-13,25H,4H2,1-3H3/b23-13+/t25-/m1/s1. The molecular weight excluding hydrogens is 682 g/mol. The third kappa shape index (κ3) is 5.44. The molecule has 0 fully saturated rings. The first-order valence-electron chi connectivity index (χ1n) is 12.2. The molecule has 0 aliphatic carbocycles. The number of halogens is 2. The zero-order valence-corrected chi connectivity index (χ0v) is 25.8. The first-order chi connectivity index (χ1) is 19.6. The molecule has 13 heteroatoms. The zero-order valence-electron chi connectivity index (χ0n) is 21.8. The molecule has 3 heterocycles. The van der Waals surface area contributed by atoms with Gasteiger partial charge >= 0.3 is 5.97 Å². The molecule has 0 saturated carbocycles. The second-order valence-electron chi connectivity index (χ2n) is 8.82. The number of ether oxygens (including phenoxy) is 2. The summed E-state index contributed by atoms with van der Waals surface area (Å²) in [7, 11) is 1.55. The molecule has 2 aromatic heterocycles. The second kappa shape index (κ2) is 11.6. The van der Waals surface area contributed by atoms with Gasteiger partial charge in [-0.3, -0.25) is 19.5 Å². The van der Waals surface area contributed by atoms with Gasteiger partial charge in [-0.05, 0) is 81.6 Å². The van der Waals surface area contributed by atoms with Crippen molar-refractivity contribution in [1.29, 1.82) is 0 Å². The van der Waals surface area contributed by atoms with E-state index < -0.39 is 16.9 Å². The van der Waals surface area contributed by atoms with Crippen LogP contribution in [0.4, 0.5) is 5.69 Å². The maximum absolute atomic E-state index is 13.8. The number of fused-ring (bicyclic) bond motifs is 1. The minimum Gasteiger partial charge on any atom is -0.496 e. The van der Waals surface area contributed by atoms with E-state index in [1.807, 2.05) is 0 Å². The number of carbonyl (C=O) groups is 1. The monoisotopic (exact) mass is 701 g/mol. The molecule has 0 unspecified atom stereocenters. The lowest BCUT2D eigenvalue weighted by atomic mass is 9.96. The van der Waals surface area contributed by atoms with Crippen molar-refractivity contribution >= 4 is 60.9 Å². The van der Waals surface area contributed by atoms with Crippen LogP contribution >= 0.6 is 43.2 Å². The number of esters is 1. The summed E-state index contributed by atoms with van der Waals surface area (Å²) in [5.41, 5.74) is 1.61. The molecule has 41 heavy (non-hydrogen) atoms. The lowest BCUT2D eigenvalue weighted by molar-refractivity contribution is -0.384. The van der Waals surface area contributed by atoms with Crippen molar-refractivity contribution in [3.05, 3.63) is 110 Å². The van der Waals surface area contributed by atoms with Crippen LogP contribution in [-0.2, 0) is 9.53 Å². The summed E-state index contributed by atoms with van der Waals surface area (Å²) in [6.45, 7) is 3.61. The molecule has 0 bridgehead atoms. The van der Waals surface area contributed by atoms with E-state index in [9.17, 15) is 19.7 Å². The van der Waals surface area contributed by atoms with Gasteiger partial charge in [-0.2, -0.15) is 0 Å². The molecule has 1 aliphatic rings. The summed E-state index contributed by atoms with van der Waals surface area (Å²) < 4.78 is 19.7. The van der Waals surface area contributed by atoms with Gasteiger partial charge in [0.15, 0.2) is 4.80 Å². The lowest BCUT2D eigenvalue weighted by Crippen LogP contribution is -2.39. The van der Waals surface area contributed by atoms with Crippen molar-refractivity contribution in [1.82, 2.24) is 4.57 Å². The number of aromatic nitrogens is 1. The van der Waals surface area contributed by atoms with Crippen LogP contribution in [0.5, 0.6) is 5.75 Å². The van der Waals surface area contributed by atoms with Crippen LogP contribution in [0.3, 0.4) is 0 Å². The molecule has 0 amide bonds. The number of nitro groups is 1. The predicted molar refractivity (Wildman–Crippen MR) is 160 cm³/mol. The number of carbonyl (C=O) groups excluding carboxylic acids is 1. The Kier molecular flexibility index (Phi) is 8.11. The number of allylic oxidation sites excluding steroid dienone is 1. The molecule has 0 spiro atoms. The highest BCUT2D eigenvalue weighted by molar-refractivity contribution is 9.11. The normalized spacial score (nSPS) is 15.0. The van der Waals surface area contributed by atoms with Gasteiger partial charge < -0.3 is 13.9 Å². The highest BCUT2D eigenvalue weighted by Gasteiger charge is 2.33. The molecule has 1 aliphatic heterocycles. The maximum atomic E-state index is 13.8. The van der Waals surface area contributed by atoms with Crippen LogP contribution in [0, 0.1) is 10.1 Å². The number of benzene rings is 2. The molecule has 0 saturated heterocycles. The van der Waals surface area contributed by atoms with Gasteiger partial charge in [0.05, 0.1) is 45.0 Å². The summed E-state index contributed by atoms with van der Waals surface area (Å²) in [4.78, 5) is 42.5. The van der Waals surface area contributed by atoms with Gasteiger partial charge in [0, 0.05) is 28.2 Å². The number of furan rings is 1. The SMILES string of the molecule is CCOC(=O)C1=C(C)N=c2s/c(=C/c3ccc(-c4ccc([N+](=O)[O-])cc4Br)o3)c(=O)n2[C@@H]1c1ccc(OC)c(Br)c1. The van der Waals surface area contributed by atoms with E-state index in [0.717, 1.165) is 0 Å². The van der Waals surface area contributed by atoms with Crippen molar-refractivity contribution in [3.63, 3.8) is 0 Å². The van der Waals surface area contributed by atoms with Gasteiger partial charge in [-0.25, -0.2) is 9.79 Å². The number of thiazole rings is 1. The summed E-state index contributed by atoms with van der Waals surface area (Å²) in [5, 5.41) is 11.1. The fourth-order valence-electron chi connectivity index (χ4n) is 4.48. The molecule has 0 radical (unpaired) electrons. The van der Waals surface area contributed by atoms with Crippen LogP contribution < -0.4 is 19.6 Å². The summed E-state index contributed by atoms with van der Waals surface area (Å²) in [5.74, 6) is 0.921. The molecule has 0 N–H and O–H groups in total. The van der Waals surface area contributed by atoms with Gasteiger partial charge in [-0.15, -0.1) is 0 Å². The Morgan fingerprint density at radius 1 is 1.20 bits per heavy atom. The maximum Gasteiger partial charge on any atom is 0.338 e. The van der Waals surface area contributed by atoms with E-state index >= 15 is 0 Å². The van der Waals surface area contributed by atoms with E-state index in [0.29, 0.717) is 52.4 Å². The molecule has 4 aromatic rings. The number of rotatable bonds is 7. The largest absolute Gasteiger partial charge is 0.496 e. The van der Waals surface area contributed by atoms with E-state index in [2.05, 4.69) is 36.9 Å². The number of hydrogen-bond acceptors (Lipinski definition) is 9. The van der Waals surface area contributed by atoms with E-state index in [1.165, 1.54) is 28.0 Å². The third-order valence-corrected chi connectivity index (χ3v) is 8.60. The number of methoxy groups -OCH3 is 1. The van der Waals surface area contributed by atoms with Gasteiger partial charge in [-0.1, -0.05) is 17.4 Å². The van der Waals surface area contributed by atoms with Crippen LogP contribution in [-0.4, -0.2) is 29.2 Å². The number of nitro benzene ring substituents is 1. The van der Waals surface area contributed by atoms with Crippen LogP contribution in [0.1, 0.15) is 31.2 Å². The average Bonchev–Trinajstić information content (AvgIpc) is 3.51. The Labute approximate surface area is 253 Å². The second-order valence-corrected chi connectivity index (χ2v) is 11.5. The van der Waals surface area contributed by atoms with E-state index in [-0.39, 0.29) is 23.4 Å². The van der Waals surface area contributed by atoms with Gasteiger partial charge in [0.25, 0.3) is 11.2 Å². The minimum atomic E-state index is -0.780. The first kappa shape index (κ1) is 28.7. The van der Waals surface area contributed by atoms with Crippen molar-refractivity contribution < 1.29 is 23.6 Å². The summed E-state index contributed by atoms with van der Waals surface area (Å²) in [6.07, 6.45) is 1.61. The quantitative estimate of drug-likeness (QED) is 0.141.